The SMILES string of the molecule is Br.NC1=NC=C(CCCCCOCc2ccccc2)CS1. The lowest BCUT2D eigenvalue weighted by molar-refractivity contribution is 0.117. The van der Waals surface area contributed by atoms with E-state index in [2.05, 4.69) is 17.1 Å². The minimum Gasteiger partial charge on any atom is -0.378 e. The van der Waals surface area contributed by atoms with Crippen LogP contribution in [-0.4, -0.2) is 17.5 Å². The molecule has 0 aliphatic carbocycles. The summed E-state index contributed by atoms with van der Waals surface area (Å²) in [6.07, 6.45) is 6.59. The number of benzene rings is 1. The van der Waals surface area contributed by atoms with E-state index in [1.54, 1.807) is 11.8 Å². The van der Waals surface area contributed by atoms with Crippen molar-refractivity contribution < 1.29 is 4.74 Å². The largest absolute Gasteiger partial charge is 0.378 e. The van der Waals surface area contributed by atoms with Crippen molar-refractivity contribution in [2.75, 3.05) is 12.4 Å². The predicted octanol–water partition coefficient (Wildman–Crippen LogP) is 4.29. The van der Waals surface area contributed by atoms with Crippen LogP contribution >= 0.6 is 28.7 Å². The summed E-state index contributed by atoms with van der Waals surface area (Å²) < 4.78 is 5.67. The molecule has 0 spiro atoms. The molecular formula is C16H23BrN2OS. The summed E-state index contributed by atoms with van der Waals surface area (Å²) in [5.74, 6) is 1.000. The number of amidine groups is 1. The van der Waals surface area contributed by atoms with E-state index < -0.39 is 0 Å². The monoisotopic (exact) mass is 370 g/mol. The van der Waals surface area contributed by atoms with E-state index in [1.165, 1.54) is 24.0 Å². The van der Waals surface area contributed by atoms with Gasteiger partial charge in [-0.2, -0.15) is 0 Å². The van der Waals surface area contributed by atoms with Gasteiger partial charge in [-0.05, 0) is 30.4 Å². The maximum absolute atomic E-state index is 5.67. The van der Waals surface area contributed by atoms with Gasteiger partial charge in [0.2, 0.25) is 0 Å². The molecule has 1 aliphatic heterocycles. The van der Waals surface area contributed by atoms with Crippen LogP contribution in [-0.2, 0) is 11.3 Å². The van der Waals surface area contributed by atoms with Crippen LogP contribution in [0, 0.1) is 0 Å². The van der Waals surface area contributed by atoms with Crippen molar-refractivity contribution in [2.45, 2.75) is 32.3 Å². The van der Waals surface area contributed by atoms with Crippen molar-refractivity contribution in [2.24, 2.45) is 10.7 Å². The molecule has 0 radical (unpaired) electrons. The number of unbranched alkanes of at least 4 members (excludes halogenated alkanes) is 2. The van der Waals surface area contributed by atoms with Crippen LogP contribution in [0.4, 0.5) is 0 Å². The summed E-state index contributed by atoms with van der Waals surface area (Å²) in [7, 11) is 0. The highest BCUT2D eigenvalue weighted by Crippen LogP contribution is 2.19. The molecule has 1 aromatic carbocycles. The first-order valence-corrected chi connectivity index (χ1v) is 8.09. The van der Waals surface area contributed by atoms with Crippen LogP contribution < -0.4 is 5.73 Å². The Morgan fingerprint density at radius 1 is 1.14 bits per heavy atom. The van der Waals surface area contributed by atoms with Crippen molar-refractivity contribution in [1.82, 2.24) is 0 Å². The van der Waals surface area contributed by atoms with Gasteiger partial charge in [0.1, 0.15) is 0 Å². The van der Waals surface area contributed by atoms with Crippen molar-refractivity contribution in [3.05, 3.63) is 47.7 Å². The average Bonchev–Trinajstić information content (AvgIpc) is 2.49. The molecule has 2 N–H and O–H groups in total. The van der Waals surface area contributed by atoms with E-state index in [4.69, 9.17) is 10.5 Å². The third-order valence-corrected chi connectivity index (χ3v) is 4.09. The Morgan fingerprint density at radius 3 is 2.67 bits per heavy atom. The third kappa shape index (κ3) is 7.69. The zero-order valence-electron chi connectivity index (χ0n) is 12.2. The zero-order chi connectivity index (χ0) is 14.0. The van der Waals surface area contributed by atoms with Crippen molar-refractivity contribution >= 4 is 33.9 Å². The van der Waals surface area contributed by atoms with Crippen LogP contribution in [0.1, 0.15) is 31.2 Å². The number of hydrogen-bond acceptors (Lipinski definition) is 4. The van der Waals surface area contributed by atoms with Gasteiger partial charge >= 0.3 is 0 Å². The number of aliphatic imine (C=N–C) groups is 1. The first-order valence-electron chi connectivity index (χ1n) is 7.10. The van der Waals surface area contributed by atoms with Gasteiger partial charge in [-0.3, -0.25) is 0 Å². The topological polar surface area (TPSA) is 47.6 Å². The molecule has 116 valence electrons. The number of halogens is 1. The summed E-state index contributed by atoms with van der Waals surface area (Å²) in [6.45, 7) is 1.56. The Labute approximate surface area is 141 Å². The lowest BCUT2D eigenvalue weighted by Gasteiger charge is -2.10. The van der Waals surface area contributed by atoms with Crippen LogP contribution in [0.5, 0.6) is 0 Å². The fourth-order valence-electron chi connectivity index (χ4n) is 2.03. The number of thioether (sulfide) groups is 1. The maximum atomic E-state index is 5.67. The summed E-state index contributed by atoms with van der Waals surface area (Å²) in [5, 5.41) is 0.683. The Kier molecular flexibility index (Phi) is 9.46. The van der Waals surface area contributed by atoms with Crippen LogP contribution in [0.15, 0.2) is 47.1 Å². The molecule has 0 unspecified atom stereocenters. The number of rotatable bonds is 8. The van der Waals surface area contributed by atoms with Crippen molar-refractivity contribution in [3.8, 4) is 0 Å². The number of nitrogens with two attached hydrogens (primary N) is 1. The van der Waals surface area contributed by atoms with E-state index in [0.29, 0.717) is 5.17 Å². The highest BCUT2D eigenvalue weighted by molar-refractivity contribution is 8.93. The van der Waals surface area contributed by atoms with Gasteiger partial charge in [-0.25, -0.2) is 4.99 Å². The molecule has 2 rings (SSSR count). The Hall–Kier alpha value is -0.780. The second kappa shape index (κ2) is 10.9. The molecule has 0 aromatic heterocycles. The highest BCUT2D eigenvalue weighted by Gasteiger charge is 2.05. The van der Waals surface area contributed by atoms with E-state index in [9.17, 15) is 0 Å². The molecule has 1 aliphatic rings. The molecule has 21 heavy (non-hydrogen) atoms. The van der Waals surface area contributed by atoms with Gasteiger partial charge in [-0.15, -0.1) is 17.0 Å². The average molecular weight is 371 g/mol. The molecule has 1 heterocycles. The zero-order valence-corrected chi connectivity index (χ0v) is 14.7. The quantitative estimate of drug-likeness (QED) is 0.694. The fraction of sp³-hybridized carbons (Fsp3) is 0.438. The second-order valence-electron chi connectivity index (χ2n) is 4.89. The van der Waals surface area contributed by atoms with E-state index in [1.807, 2.05) is 24.4 Å². The summed E-state index contributed by atoms with van der Waals surface area (Å²) >= 11 is 1.63. The first kappa shape index (κ1) is 18.3. The lowest BCUT2D eigenvalue weighted by atomic mass is 10.1. The lowest BCUT2D eigenvalue weighted by Crippen LogP contribution is -2.10. The van der Waals surface area contributed by atoms with Gasteiger partial charge in [0.15, 0.2) is 5.17 Å². The van der Waals surface area contributed by atoms with Gasteiger partial charge in [-0.1, -0.05) is 48.5 Å². The summed E-state index contributed by atoms with van der Waals surface area (Å²) in [4.78, 5) is 4.14. The molecule has 0 saturated carbocycles. The van der Waals surface area contributed by atoms with Crippen molar-refractivity contribution in [1.29, 1.82) is 0 Å². The van der Waals surface area contributed by atoms with Gasteiger partial charge in [0.05, 0.1) is 6.61 Å². The molecule has 3 nitrogen and oxygen atoms in total. The standard InChI is InChI=1S/C16H22N2OS.BrH/c17-16-18-11-15(13-20-16)9-5-2-6-10-19-12-14-7-3-1-4-8-14;/h1,3-4,7-8,11H,2,5-6,9-10,12-13H2,(H2,17,18);1H. The van der Waals surface area contributed by atoms with Crippen LogP contribution in [0.25, 0.3) is 0 Å². The van der Waals surface area contributed by atoms with Gasteiger partial charge in [0, 0.05) is 18.6 Å². The van der Waals surface area contributed by atoms with Gasteiger partial charge < -0.3 is 10.5 Å². The number of hydrogen-bond donors (Lipinski definition) is 1. The summed E-state index contributed by atoms with van der Waals surface area (Å²) in [5.41, 5.74) is 8.25. The molecule has 1 aromatic rings. The first-order chi connectivity index (χ1) is 9.84. The molecule has 0 bridgehead atoms. The maximum Gasteiger partial charge on any atom is 0.158 e. The normalized spacial score (nSPS) is 14.1. The molecule has 5 heteroatoms. The van der Waals surface area contributed by atoms with Crippen LogP contribution in [0.2, 0.25) is 0 Å². The second-order valence-corrected chi connectivity index (χ2v) is 5.89. The predicted molar refractivity (Wildman–Crippen MR) is 97.1 cm³/mol. The Bertz CT molecular complexity index is 463. The molecule has 0 amide bonds. The summed E-state index contributed by atoms with van der Waals surface area (Å²) in [6, 6.07) is 10.3. The minimum absolute atomic E-state index is 0. The minimum atomic E-state index is 0. The van der Waals surface area contributed by atoms with E-state index >= 15 is 0 Å². The van der Waals surface area contributed by atoms with E-state index in [-0.39, 0.29) is 17.0 Å². The van der Waals surface area contributed by atoms with Gasteiger partial charge in [0.25, 0.3) is 0 Å². The van der Waals surface area contributed by atoms with Crippen molar-refractivity contribution in [3.63, 3.8) is 0 Å². The third-order valence-electron chi connectivity index (χ3n) is 3.18. The van der Waals surface area contributed by atoms with E-state index in [0.717, 1.165) is 31.8 Å². The fourth-order valence-corrected chi connectivity index (χ4v) is 2.71. The highest BCUT2D eigenvalue weighted by atomic mass is 79.9. The number of ether oxygens (including phenoxy) is 1. The smallest absolute Gasteiger partial charge is 0.158 e. The molecule has 0 saturated heterocycles. The molecule has 0 atom stereocenters. The van der Waals surface area contributed by atoms with Crippen LogP contribution in [0.3, 0.4) is 0 Å². The molecule has 0 fully saturated rings. The Balaban J connectivity index is 0.00000220. The molecular weight excluding hydrogens is 348 g/mol. The number of nitrogens with zero attached hydrogens (tertiary/aromatic N) is 1. The Morgan fingerprint density at radius 2 is 1.95 bits per heavy atom.